The van der Waals surface area contributed by atoms with Crippen LogP contribution in [0, 0.1) is 0 Å². The molecular formula is C11H15BrClNO2. The molecule has 5 heteroatoms. The lowest BCUT2D eigenvalue weighted by molar-refractivity contribution is -0.143. The van der Waals surface area contributed by atoms with Crippen LogP contribution in [0.5, 0.6) is 0 Å². The van der Waals surface area contributed by atoms with Crippen molar-refractivity contribution in [2.24, 2.45) is 5.73 Å². The van der Waals surface area contributed by atoms with Crippen molar-refractivity contribution in [1.82, 2.24) is 0 Å². The van der Waals surface area contributed by atoms with Gasteiger partial charge in [-0.15, -0.1) is 12.4 Å². The molecule has 90 valence electrons. The van der Waals surface area contributed by atoms with E-state index in [1.54, 1.807) is 6.92 Å². The van der Waals surface area contributed by atoms with Crippen LogP contribution in [-0.2, 0) is 9.53 Å². The number of esters is 1. The van der Waals surface area contributed by atoms with Gasteiger partial charge in [0, 0.05) is 10.5 Å². The Morgan fingerprint density at radius 1 is 1.44 bits per heavy atom. The minimum absolute atomic E-state index is 0. The van der Waals surface area contributed by atoms with E-state index < -0.39 is 0 Å². The van der Waals surface area contributed by atoms with E-state index in [-0.39, 0.29) is 30.8 Å². The fraction of sp³-hybridized carbons (Fsp3) is 0.364. The lowest BCUT2D eigenvalue weighted by Gasteiger charge is -2.10. The monoisotopic (exact) mass is 307 g/mol. The van der Waals surface area contributed by atoms with E-state index >= 15 is 0 Å². The number of nitrogens with two attached hydrogens (primary N) is 1. The molecular weight excluding hydrogens is 293 g/mol. The SMILES string of the molecule is CCOC(=O)C[C@@H](N)c1ccc(Br)cc1.Cl. The molecule has 0 aliphatic carbocycles. The van der Waals surface area contributed by atoms with Gasteiger partial charge < -0.3 is 10.5 Å². The van der Waals surface area contributed by atoms with Crippen molar-refractivity contribution in [3.63, 3.8) is 0 Å². The molecule has 2 N–H and O–H groups in total. The van der Waals surface area contributed by atoms with E-state index in [4.69, 9.17) is 10.5 Å². The van der Waals surface area contributed by atoms with Crippen molar-refractivity contribution in [2.75, 3.05) is 6.61 Å². The molecule has 16 heavy (non-hydrogen) atoms. The zero-order valence-corrected chi connectivity index (χ0v) is 11.4. The average molecular weight is 309 g/mol. The predicted molar refractivity (Wildman–Crippen MR) is 69.6 cm³/mol. The third-order valence-corrected chi connectivity index (χ3v) is 2.52. The van der Waals surface area contributed by atoms with Gasteiger partial charge in [0.05, 0.1) is 13.0 Å². The molecule has 1 rings (SSSR count). The summed E-state index contributed by atoms with van der Waals surface area (Å²) in [6.07, 6.45) is 0.218. The number of carbonyl (C=O) groups is 1. The maximum absolute atomic E-state index is 11.2. The quantitative estimate of drug-likeness (QED) is 0.870. The summed E-state index contributed by atoms with van der Waals surface area (Å²) in [5.74, 6) is -0.257. The highest BCUT2D eigenvalue weighted by atomic mass is 79.9. The second-order valence-corrected chi connectivity index (χ2v) is 4.08. The van der Waals surface area contributed by atoms with E-state index in [2.05, 4.69) is 15.9 Å². The van der Waals surface area contributed by atoms with E-state index in [0.717, 1.165) is 10.0 Å². The first kappa shape index (κ1) is 15.4. The van der Waals surface area contributed by atoms with Crippen molar-refractivity contribution in [3.8, 4) is 0 Å². The maximum atomic E-state index is 11.2. The fourth-order valence-corrected chi connectivity index (χ4v) is 1.49. The van der Waals surface area contributed by atoms with E-state index in [0.29, 0.717) is 6.61 Å². The molecule has 0 spiro atoms. The van der Waals surface area contributed by atoms with Crippen molar-refractivity contribution in [1.29, 1.82) is 0 Å². The number of rotatable bonds is 4. The van der Waals surface area contributed by atoms with Gasteiger partial charge in [-0.1, -0.05) is 28.1 Å². The lowest BCUT2D eigenvalue weighted by atomic mass is 10.1. The third kappa shape index (κ3) is 4.96. The van der Waals surface area contributed by atoms with Gasteiger partial charge in [0.15, 0.2) is 0 Å². The van der Waals surface area contributed by atoms with Crippen LogP contribution in [0.25, 0.3) is 0 Å². The predicted octanol–water partition coefficient (Wildman–Crippen LogP) is 2.82. The van der Waals surface area contributed by atoms with Crippen LogP contribution < -0.4 is 5.73 Å². The molecule has 3 nitrogen and oxygen atoms in total. The van der Waals surface area contributed by atoms with Crippen LogP contribution >= 0.6 is 28.3 Å². The molecule has 1 aromatic rings. The first-order chi connectivity index (χ1) is 7.13. The number of carbonyl (C=O) groups excluding carboxylic acids is 1. The van der Waals surface area contributed by atoms with Gasteiger partial charge in [0.25, 0.3) is 0 Å². The minimum atomic E-state index is -0.294. The Hall–Kier alpha value is -0.580. The summed E-state index contributed by atoms with van der Waals surface area (Å²) < 4.78 is 5.82. The Morgan fingerprint density at radius 3 is 2.50 bits per heavy atom. The van der Waals surface area contributed by atoms with Crippen molar-refractivity contribution in [2.45, 2.75) is 19.4 Å². The average Bonchev–Trinajstić information content (AvgIpc) is 2.18. The highest BCUT2D eigenvalue weighted by Crippen LogP contribution is 2.17. The molecule has 0 aromatic heterocycles. The Bertz CT molecular complexity index is 329. The summed E-state index contributed by atoms with van der Waals surface area (Å²) in [5, 5.41) is 0. The highest BCUT2D eigenvalue weighted by molar-refractivity contribution is 9.10. The maximum Gasteiger partial charge on any atom is 0.307 e. The zero-order valence-electron chi connectivity index (χ0n) is 8.98. The molecule has 0 saturated carbocycles. The normalized spacial score (nSPS) is 11.4. The van der Waals surface area contributed by atoms with Crippen LogP contribution in [-0.4, -0.2) is 12.6 Å². The first-order valence-corrected chi connectivity index (χ1v) is 5.59. The Labute approximate surface area is 110 Å². The van der Waals surface area contributed by atoms with E-state index in [9.17, 15) is 4.79 Å². The van der Waals surface area contributed by atoms with Crippen molar-refractivity contribution in [3.05, 3.63) is 34.3 Å². The Kier molecular flexibility index (Phi) is 7.38. The Balaban J connectivity index is 0.00000225. The van der Waals surface area contributed by atoms with Crippen LogP contribution in [0.2, 0.25) is 0 Å². The highest BCUT2D eigenvalue weighted by Gasteiger charge is 2.11. The van der Waals surface area contributed by atoms with Crippen LogP contribution in [0.3, 0.4) is 0 Å². The molecule has 0 aliphatic rings. The van der Waals surface area contributed by atoms with Gasteiger partial charge in [0.2, 0.25) is 0 Å². The molecule has 0 aliphatic heterocycles. The Morgan fingerprint density at radius 2 is 2.00 bits per heavy atom. The summed E-state index contributed by atoms with van der Waals surface area (Å²) in [6.45, 7) is 2.18. The number of hydrogen-bond acceptors (Lipinski definition) is 3. The first-order valence-electron chi connectivity index (χ1n) is 4.80. The van der Waals surface area contributed by atoms with Crippen LogP contribution in [0.15, 0.2) is 28.7 Å². The summed E-state index contributed by atoms with van der Waals surface area (Å²) >= 11 is 3.34. The number of hydrogen-bond donors (Lipinski definition) is 1. The minimum Gasteiger partial charge on any atom is -0.466 e. The summed E-state index contributed by atoms with van der Waals surface area (Å²) in [7, 11) is 0. The molecule has 0 fully saturated rings. The summed E-state index contributed by atoms with van der Waals surface area (Å²) in [4.78, 5) is 11.2. The van der Waals surface area contributed by atoms with Crippen molar-refractivity contribution < 1.29 is 9.53 Å². The number of benzene rings is 1. The van der Waals surface area contributed by atoms with Gasteiger partial charge in [-0.05, 0) is 24.6 Å². The topological polar surface area (TPSA) is 52.3 Å². The summed E-state index contributed by atoms with van der Waals surface area (Å²) in [6, 6.07) is 7.31. The molecule has 0 bridgehead atoms. The van der Waals surface area contributed by atoms with Gasteiger partial charge in [-0.2, -0.15) is 0 Å². The molecule has 0 unspecified atom stereocenters. The van der Waals surface area contributed by atoms with Gasteiger partial charge in [-0.25, -0.2) is 0 Å². The zero-order chi connectivity index (χ0) is 11.3. The van der Waals surface area contributed by atoms with Crippen LogP contribution in [0.4, 0.5) is 0 Å². The largest absolute Gasteiger partial charge is 0.466 e. The van der Waals surface area contributed by atoms with Crippen molar-refractivity contribution >= 4 is 34.3 Å². The second kappa shape index (κ2) is 7.65. The molecule has 0 amide bonds. The standard InChI is InChI=1S/C11H14BrNO2.ClH/c1-2-15-11(14)7-10(13)8-3-5-9(12)6-4-8;/h3-6,10H,2,7,13H2,1H3;1H/t10-;/m1./s1. The van der Waals surface area contributed by atoms with Gasteiger partial charge in [-0.3, -0.25) is 4.79 Å². The molecule has 1 atom stereocenters. The van der Waals surface area contributed by atoms with E-state index in [1.165, 1.54) is 0 Å². The third-order valence-electron chi connectivity index (χ3n) is 1.99. The second-order valence-electron chi connectivity index (χ2n) is 3.17. The molecule has 0 radical (unpaired) electrons. The molecule has 1 aromatic carbocycles. The number of halogens is 2. The number of ether oxygens (including phenoxy) is 1. The lowest BCUT2D eigenvalue weighted by Crippen LogP contribution is -2.17. The fourth-order valence-electron chi connectivity index (χ4n) is 1.23. The van der Waals surface area contributed by atoms with Gasteiger partial charge in [0.1, 0.15) is 0 Å². The smallest absolute Gasteiger partial charge is 0.307 e. The van der Waals surface area contributed by atoms with Crippen LogP contribution in [0.1, 0.15) is 24.9 Å². The molecule has 0 heterocycles. The summed E-state index contributed by atoms with van der Waals surface area (Å²) in [5.41, 5.74) is 6.80. The molecule has 0 saturated heterocycles. The van der Waals surface area contributed by atoms with E-state index in [1.807, 2.05) is 24.3 Å². The van der Waals surface area contributed by atoms with Gasteiger partial charge >= 0.3 is 5.97 Å².